The summed E-state index contributed by atoms with van der Waals surface area (Å²) in [4.78, 5) is 12.3. The molecule has 3 rings (SSSR count). The fraction of sp³-hybridized carbons (Fsp3) is 0.350. The topological polar surface area (TPSA) is 75.7 Å². The number of carbonyl (C=O) groups is 1. The lowest BCUT2D eigenvalue weighted by Gasteiger charge is -2.26. The molecule has 1 heterocycles. The molecule has 6 nitrogen and oxygen atoms in total. The second-order valence-electron chi connectivity index (χ2n) is 6.93. The van der Waals surface area contributed by atoms with Gasteiger partial charge in [-0.15, -0.1) is 0 Å². The molecule has 0 aliphatic carbocycles. The second-order valence-corrected chi connectivity index (χ2v) is 9.20. The smallest absolute Gasteiger partial charge is 0.376 e. The number of hydrogen-bond acceptors (Lipinski definition) is 4. The van der Waals surface area contributed by atoms with Crippen molar-refractivity contribution in [2.45, 2.75) is 30.0 Å². The third kappa shape index (κ3) is 5.69. The van der Waals surface area contributed by atoms with Crippen molar-refractivity contribution in [2.75, 3.05) is 24.0 Å². The highest BCUT2D eigenvalue weighted by atomic mass is 35.5. The Hall–Kier alpha value is -2.30. The van der Waals surface area contributed by atoms with Crippen molar-refractivity contribution >= 4 is 33.2 Å². The number of rotatable bonds is 7. The number of hydrogen-bond donors (Lipinski definition) is 1. The van der Waals surface area contributed by atoms with E-state index in [-0.39, 0.29) is 22.6 Å². The van der Waals surface area contributed by atoms with Crippen molar-refractivity contribution in [3.63, 3.8) is 0 Å². The van der Waals surface area contributed by atoms with Gasteiger partial charge >= 0.3 is 6.18 Å². The van der Waals surface area contributed by atoms with Crippen LogP contribution < -0.4 is 9.62 Å². The van der Waals surface area contributed by atoms with Crippen LogP contribution in [-0.2, 0) is 25.7 Å². The van der Waals surface area contributed by atoms with Crippen LogP contribution in [0, 0.1) is 0 Å². The lowest BCUT2D eigenvalue weighted by atomic mass is 10.2. The van der Waals surface area contributed by atoms with Crippen molar-refractivity contribution in [3.8, 4) is 0 Å². The van der Waals surface area contributed by atoms with Gasteiger partial charge in [-0.05, 0) is 43.2 Å². The van der Waals surface area contributed by atoms with Crippen LogP contribution in [0.25, 0.3) is 0 Å². The minimum Gasteiger partial charge on any atom is -0.376 e. The summed E-state index contributed by atoms with van der Waals surface area (Å²) in [6.45, 7) is 0.00818. The molecule has 0 aromatic heterocycles. The molecule has 0 saturated carbocycles. The lowest BCUT2D eigenvalue weighted by molar-refractivity contribution is -0.137. The molecule has 1 fully saturated rings. The molecular formula is C20H20ClF3N2O4S. The number of ether oxygens (including phenoxy) is 1. The first-order valence-electron chi connectivity index (χ1n) is 9.42. The van der Waals surface area contributed by atoms with E-state index in [9.17, 15) is 26.4 Å². The first-order chi connectivity index (χ1) is 14.6. The Morgan fingerprint density at radius 3 is 2.52 bits per heavy atom. The zero-order chi connectivity index (χ0) is 22.6. The molecule has 168 valence electrons. The van der Waals surface area contributed by atoms with Crippen molar-refractivity contribution in [3.05, 3.63) is 59.1 Å². The van der Waals surface area contributed by atoms with Crippen LogP contribution in [0.3, 0.4) is 0 Å². The second kappa shape index (κ2) is 9.46. The van der Waals surface area contributed by atoms with Gasteiger partial charge in [0.05, 0.1) is 27.3 Å². The summed E-state index contributed by atoms with van der Waals surface area (Å²) in [6, 6.07) is 9.42. The van der Waals surface area contributed by atoms with Gasteiger partial charge in [-0.3, -0.25) is 9.10 Å². The predicted octanol–water partition coefficient (Wildman–Crippen LogP) is 3.85. The molecule has 1 aliphatic heterocycles. The number of amides is 1. The molecule has 11 heteroatoms. The molecule has 2 aromatic carbocycles. The fourth-order valence-electron chi connectivity index (χ4n) is 3.12. The molecule has 0 bridgehead atoms. The summed E-state index contributed by atoms with van der Waals surface area (Å²) in [5.74, 6) is -0.691. The summed E-state index contributed by atoms with van der Waals surface area (Å²) in [5, 5.41) is 2.34. The van der Waals surface area contributed by atoms with E-state index >= 15 is 0 Å². The Labute approximate surface area is 183 Å². The summed E-state index contributed by atoms with van der Waals surface area (Å²) >= 11 is 6.07. The van der Waals surface area contributed by atoms with Crippen molar-refractivity contribution in [2.24, 2.45) is 0 Å². The quantitative estimate of drug-likeness (QED) is 0.658. The van der Waals surface area contributed by atoms with E-state index < -0.39 is 39.9 Å². The molecule has 0 spiro atoms. The average molecular weight is 477 g/mol. The van der Waals surface area contributed by atoms with Crippen LogP contribution in [0.4, 0.5) is 18.9 Å². The molecular weight excluding hydrogens is 457 g/mol. The Balaban J connectivity index is 1.96. The number of alkyl halides is 3. The Morgan fingerprint density at radius 2 is 1.90 bits per heavy atom. The van der Waals surface area contributed by atoms with E-state index in [1.165, 1.54) is 24.3 Å². The molecule has 1 saturated heterocycles. The van der Waals surface area contributed by atoms with Gasteiger partial charge in [-0.25, -0.2) is 8.42 Å². The van der Waals surface area contributed by atoms with Gasteiger partial charge < -0.3 is 10.1 Å². The number of halogens is 4. The predicted molar refractivity (Wildman–Crippen MR) is 109 cm³/mol. The fourth-order valence-corrected chi connectivity index (χ4v) is 4.84. The lowest BCUT2D eigenvalue weighted by Crippen LogP contribution is -2.43. The van der Waals surface area contributed by atoms with Gasteiger partial charge in [-0.1, -0.05) is 29.8 Å². The van der Waals surface area contributed by atoms with Gasteiger partial charge in [0.2, 0.25) is 5.91 Å². The van der Waals surface area contributed by atoms with Gasteiger partial charge in [0.25, 0.3) is 10.0 Å². The highest BCUT2D eigenvalue weighted by Gasteiger charge is 2.34. The largest absolute Gasteiger partial charge is 0.416 e. The highest BCUT2D eigenvalue weighted by molar-refractivity contribution is 7.92. The first kappa shape index (κ1) is 23.4. The number of sulfonamides is 1. The standard InChI is InChI=1S/C20H20ClF3N2O4S/c21-17-9-8-14(20(22,23)24)11-18(17)26(31(28,29)16-6-2-1-3-7-16)13-19(27)25-12-15-5-4-10-30-15/h1-3,6-9,11,15H,4-5,10,12-13H2,(H,25,27)/t15-/m0/s1. The van der Waals surface area contributed by atoms with Crippen molar-refractivity contribution in [1.82, 2.24) is 5.32 Å². The Bertz CT molecular complexity index is 1030. The van der Waals surface area contributed by atoms with Crippen LogP contribution in [0.2, 0.25) is 5.02 Å². The van der Waals surface area contributed by atoms with E-state index in [0.717, 1.165) is 25.0 Å². The molecule has 1 amide bonds. The van der Waals surface area contributed by atoms with E-state index in [4.69, 9.17) is 16.3 Å². The van der Waals surface area contributed by atoms with Gasteiger partial charge in [-0.2, -0.15) is 13.2 Å². The Morgan fingerprint density at radius 1 is 1.19 bits per heavy atom. The van der Waals surface area contributed by atoms with E-state index in [2.05, 4.69) is 5.32 Å². The molecule has 1 atom stereocenters. The van der Waals surface area contributed by atoms with Gasteiger partial charge in [0.15, 0.2) is 0 Å². The first-order valence-corrected chi connectivity index (χ1v) is 11.2. The molecule has 0 radical (unpaired) electrons. The molecule has 1 aliphatic rings. The van der Waals surface area contributed by atoms with E-state index in [1.807, 2.05) is 0 Å². The van der Waals surface area contributed by atoms with Crippen molar-refractivity contribution < 1.29 is 31.1 Å². The molecule has 0 unspecified atom stereocenters. The maximum absolute atomic E-state index is 13.2. The number of anilines is 1. The highest BCUT2D eigenvalue weighted by Crippen LogP contribution is 2.37. The third-order valence-electron chi connectivity index (χ3n) is 4.71. The summed E-state index contributed by atoms with van der Waals surface area (Å²) in [7, 11) is -4.38. The summed E-state index contributed by atoms with van der Waals surface area (Å²) < 4.78 is 72.1. The van der Waals surface area contributed by atoms with Crippen LogP contribution >= 0.6 is 11.6 Å². The maximum Gasteiger partial charge on any atom is 0.416 e. The monoisotopic (exact) mass is 476 g/mol. The van der Waals surface area contributed by atoms with Gasteiger partial charge in [0, 0.05) is 13.2 Å². The zero-order valence-electron chi connectivity index (χ0n) is 16.2. The minimum atomic E-state index is -4.72. The van der Waals surface area contributed by atoms with Gasteiger partial charge in [0.1, 0.15) is 6.54 Å². The Kier molecular flexibility index (Phi) is 7.13. The normalized spacial score (nSPS) is 16.8. The zero-order valence-corrected chi connectivity index (χ0v) is 17.8. The van der Waals surface area contributed by atoms with Crippen LogP contribution in [0.5, 0.6) is 0 Å². The average Bonchev–Trinajstić information content (AvgIpc) is 3.24. The van der Waals surface area contributed by atoms with Crippen molar-refractivity contribution in [1.29, 1.82) is 0 Å². The van der Waals surface area contributed by atoms with Crippen LogP contribution in [0.1, 0.15) is 18.4 Å². The number of nitrogens with one attached hydrogen (secondary N) is 1. The van der Waals surface area contributed by atoms with E-state index in [0.29, 0.717) is 17.0 Å². The molecule has 1 N–H and O–H groups in total. The molecule has 31 heavy (non-hydrogen) atoms. The number of benzene rings is 2. The minimum absolute atomic E-state index is 0.175. The SMILES string of the molecule is O=C(CN(c1cc(C(F)(F)F)ccc1Cl)S(=O)(=O)c1ccccc1)NC[C@@H]1CCCO1. The summed E-state index contributed by atoms with van der Waals surface area (Å²) in [6.07, 6.45) is -3.29. The van der Waals surface area contributed by atoms with Crippen LogP contribution in [0.15, 0.2) is 53.4 Å². The number of nitrogens with zero attached hydrogens (tertiary/aromatic N) is 1. The maximum atomic E-state index is 13.2. The van der Waals surface area contributed by atoms with Crippen LogP contribution in [-0.4, -0.2) is 40.1 Å². The molecule has 2 aromatic rings. The number of carbonyl (C=O) groups excluding carboxylic acids is 1. The van der Waals surface area contributed by atoms with E-state index in [1.54, 1.807) is 6.07 Å². The summed E-state index contributed by atoms with van der Waals surface area (Å²) in [5.41, 5.74) is -1.52. The third-order valence-corrected chi connectivity index (χ3v) is 6.81.